The molecular weight excluding hydrogens is 386 g/mol. The van der Waals surface area contributed by atoms with Gasteiger partial charge in [-0.25, -0.2) is 0 Å². The van der Waals surface area contributed by atoms with E-state index in [1.54, 1.807) is 12.1 Å². The number of fused-ring (bicyclic) bond motifs is 1. The van der Waals surface area contributed by atoms with Crippen LogP contribution in [0.25, 0.3) is 22.3 Å². The number of aliphatic hydroxyl groups excluding tert-OH is 1. The van der Waals surface area contributed by atoms with Crippen LogP contribution in [-0.4, -0.2) is 45.2 Å². The second-order valence-electron chi connectivity index (χ2n) is 7.60. The first kappa shape index (κ1) is 20.1. The Balaban J connectivity index is 2.00. The van der Waals surface area contributed by atoms with Crippen molar-refractivity contribution in [3.05, 3.63) is 57.7 Å². The van der Waals surface area contributed by atoms with E-state index in [2.05, 4.69) is 0 Å². The van der Waals surface area contributed by atoms with E-state index >= 15 is 0 Å². The molecule has 7 nitrogen and oxygen atoms in total. The number of Topliss-reactive ketones (excluding diaryl/α,β-unsaturated/α-hetero) is 1. The van der Waals surface area contributed by atoms with Crippen LogP contribution in [-0.2, 0) is 6.54 Å². The fourth-order valence-corrected chi connectivity index (χ4v) is 4.16. The first-order valence-electron chi connectivity index (χ1n) is 9.88. The number of nitrogens with zero attached hydrogens (tertiary/aromatic N) is 1. The van der Waals surface area contributed by atoms with E-state index in [-0.39, 0.29) is 41.3 Å². The first-order valence-corrected chi connectivity index (χ1v) is 9.88. The van der Waals surface area contributed by atoms with Crippen LogP contribution in [0.5, 0.6) is 11.5 Å². The van der Waals surface area contributed by atoms with Crippen LogP contribution in [0, 0.1) is 0 Å². The average molecular weight is 409 g/mol. The minimum atomic E-state index is -0.577. The smallest absolute Gasteiger partial charge is 0.197 e. The summed E-state index contributed by atoms with van der Waals surface area (Å²) in [6, 6.07) is 10.2. The molecule has 0 bridgehead atoms. The van der Waals surface area contributed by atoms with E-state index in [1.165, 1.54) is 13.0 Å². The Bertz CT molecular complexity index is 1170. The number of phenols is 2. The largest absolute Gasteiger partial charge is 0.507 e. The van der Waals surface area contributed by atoms with Gasteiger partial charge in [0, 0.05) is 24.2 Å². The van der Waals surface area contributed by atoms with Gasteiger partial charge in [0.25, 0.3) is 0 Å². The summed E-state index contributed by atoms with van der Waals surface area (Å²) in [7, 11) is 0. The molecule has 0 radical (unpaired) electrons. The zero-order chi connectivity index (χ0) is 21.4. The van der Waals surface area contributed by atoms with Crippen LogP contribution >= 0.6 is 0 Å². The highest BCUT2D eigenvalue weighted by molar-refractivity contribution is 6.06. The minimum absolute atomic E-state index is 0.0322. The fraction of sp³-hybridized carbons (Fsp3) is 0.304. The van der Waals surface area contributed by atoms with E-state index in [0.717, 1.165) is 12.8 Å². The van der Waals surface area contributed by atoms with E-state index < -0.39 is 22.7 Å². The molecule has 3 N–H and O–H groups in total. The van der Waals surface area contributed by atoms with Crippen LogP contribution in [0.2, 0.25) is 0 Å². The summed E-state index contributed by atoms with van der Waals surface area (Å²) in [5.74, 6) is -1.24. The standard InChI is InChI=1S/C23H23NO6/c1-13(26)19-21(28)16(11-24-9-5-8-15(24)12-25)23-20(22(19)29)17(27)10-18(30-23)14-6-3-2-4-7-14/h2-4,6-7,10,15,25,28-29H,5,8-9,11-12H2,1H3. The van der Waals surface area contributed by atoms with Crippen LogP contribution in [0.4, 0.5) is 0 Å². The van der Waals surface area contributed by atoms with Crippen LogP contribution in [0.3, 0.4) is 0 Å². The van der Waals surface area contributed by atoms with Gasteiger partial charge in [0.2, 0.25) is 0 Å². The maximum atomic E-state index is 12.9. The molecule has 2 heterocycles. The van der Waals surface area contributed by atoms with Crippen molar-refractivity contribution in [2.75, 3.05) is 13.2 Å². The Morgan fingerprint density at radius 1 is 1.20 bits per heavy atom. The highest BCUT2D eigenvalue weighted by atomic mass is 16.3. The molecule has 1 aliphatic rings. The Morgan fingerprint density at radius 2 is 1.93 bits per heavy atom. The molecule has 2 aromatic carbocycles. The first-order chi connectivity index (χ1) is 14.4. The number of likely N-dealkylation sites (tertiary alicyclic amines) is 1. The molecule has 7 heteroatoms. The van der Waals surface area contributed by atoms with Crippen LogP contribution in [0.15, 0.2) is 45.6 Å². The van der Waals surface area contributed by atoms with Crippen LogP contribution < -0.4 is 5.43 Å². The summed E-state index contributed by atoms with van der Waals surface area (Å²) in [5.41, 5.74) is 0.174. The highest BCUT2D eigenvalue weighted by Crippen LogP contribution is 2.41. The number of aromatic hydroxyl groups is 2. The minimum Gasteiger partial charge on any atom is -0.507 e. The molecule has 1 aliphatic heterocycles. The van der Waals surface area contributed by atoms with Gasteiger partial charge < -0.3 is 19.7 Å². The third kappa shape index (κ3) is 3.36. The van der Waals surface area contributed by atoms with E-state index in [4.69, 9.17) is 4.42 Å². The molecular formula is C23H23NO6. The number of rotatable bonds is 5. The third-order valence-corrected chi connectivity index (χ3v) is 5.70. The van der Waals surface area contributed by atoms with Crippen molar-refractivity contribution >= 4 is 16.8 Å². The number of carbonyl (C=O) groups excluding carboxylic acids is 1. The average Bonchev–Trinajstić information content (AvgIpc) is 3.18. The number of ketones is 1. The number of hydrogen-bond acceptors (Lipinski definition) is 7. The number of phenolic OH excluding ortho intramolecular Hbond substituents is 2. The van der Waals surface area contributed by atoms with Gasteiger partial charge in [-0.3, -0.25) is 14.5 Å². The number of benzene rings is 2. The van der Waals surface area contributed by atoms with Gasteiger partial charge in [0.1, 0.15) is 28.2 Å². The van der Waals surface area contributed by atoms with Gasteiger partial charge in [-0.15, -0.1) is 0 Å². The van der Waals surface area contributed by atoms with Crippen molar-refractivity contribution in [2.24, 2.45) is 0 Å². The third-order valence-electron chi connectivity index (χ3n) is 5.70. The summed E-state index contributed by atoms with van der Waals surface area (Å²) in [6.07, 6.45) is 1.70. The molecule has 1 atom stereocenters. The molecule has 0 saturated carbocycles. The van der Waals surface area contributed by atoms with Gasteiger partial charge in [-0.2, -0.15) is 0 Å². The van der Waals surface area contributed by atoms with Crippen LogP contribution in [0.1, 0.15) is 35.7 Å². The predicted octanol–water partition coefficient (Wildman–Crippen LogP) is 3.03. The van der Waals surface area contributed by atoms with Crippen molar-refractivity contribution in [1.82, 2.24) is 4.90 Å². The van der Waals surface area contributed by atoms with E-state index in [0.29, 0.717) is 17.9 Å². The highest BCUT2D eigenvalue weighted by Gasteiger charge is 2.30. The molecule has 1 aromatic heterocycles. The summed E-state index contributed by atoms with van der Waals surface area (Å²) in [5, 5.41) is 31.0. The molecule has 1 saturated heterocycles. The molecule has 30 heavy (non-hydrogen) atoms. The lowest BCUT2D eigenvalue weighted by Gasteiger charge is -2.24. The van der Waals surface area contributed by atoms with Crippen molar-refractivity contribution in [3.8, 4) is 22.8 Å². The van der Waals surface area contributed by atoms with Gasteiger partial charge in [-0.1, -0.05) is 30.3 Å². The van der Waals surface area contributed by atoms with Gasteiger partial charge in [0.05, 0.1) is 12.2 Å². The quantitative estimate of drug-likeness (QED) is 0.556. The normalized spacial score (nSPS) is 16.9. The lowest BCUT2D eigenvalue weighted by Crippen LogP contribution is -2.31. The molecule has 0 aliphatic carbocycles. The van der Waals surface area contributed by atoms with Gasteiger partial charge in [-0.05, 0) is 26.3 Å². The Morgan fingerprint density at radius 3 is 2.60 bits per heavy atom. The number of carbonyl (C=O) groups is 1. The number of aliphatic hydroxyl groups is 1. The summed E-state index contributed by atoms with van der Waals surface area (Å²) < 4.78 is 6.01. The molecule has 1 unspecified atom stereocenters. The Labute approximate surface area is 172 Å². The predicted molar refractivity (Wildman–Crippen MR) is 112 cm³/mol. The van der Waals surface area contributed by atoms with E-state index in [9.17, 15) is 24.9 Å². The van der Waals surface area contributed by atoms with Crippen molar-refractivity contribution in [2.45, 2.75) is 32.4 Å². The monoisotopic (exact) mass is 409 g/mol. The fourth-order valence-electron chi connectivity index (χ4n) is 4.16. The lowest BCUT2D eigenvalue weighted by atomic mass is 9.98. The lowest BCUT2D eigenvalue weighted by molar-refractivity contribution is 0.101. The molecule has 156 valence electrons. The molecule has 0 amide bonds. The van der Waals surface area contributed by atoms with Gasteiger partial charge in [0.15, 0.2) is 16.8 Å². The number of hydrogen-bond donors (Lipinski definition) is 3. The van der Waals surface area contributed by atoms with Crippen molar-refractivity contribution < 1.29 is 24.5 Å². The van der Waals surface area contributed by atoms with E-state index in [1.807, 2.05) is 23.1 Å². The maximum absolute atomic E-state index is 12.9. The zero-order valence-electron chi connectivity index (χ0n) is 16.6. The molecule has 4 rings (SSSR count). The summed E-state index contributed by atoms with van der Waals surface area (Å²) in [4.78, 5) is 27.0. The zero-order valence-corrected chi connectivity index (χ0v) is 16.6. The molecule has 0 spiro atoms. The Kier molecular flexibility index (Phi) is 5.32. The topological polar surface area (TPSA) is 111 Å². The van der Waals surface area contributed by atoms with Gasteiger partial charge >= 0.3 is 0 Å². The summed E-state index contributed by atoms with van der Waals surface area (Å²) in [6.45, 7) is 2.06. The van der Waals surface area contributed by atoms with Crippen molar-refractivity contribution in [3.63, 3.8) is 0 Å². The van der Waals surface area contributed by atoms with Crippen molar-refractivity contribution in [1.29, 1.82) is 0 Å². The Hall–Kier alpha value is -3.16. The molecule has 3 aromatic rings. The molecule has 1 fully saturated rings. The second-order valence-corrected chi connectivity index (χ2v) is 7.60. The maximum Gasteiger partial charge on any atom is 0.197 e. The summed E-state index contributed by atoms with van der Waals surface area (Å²) >= 11 is 0. The second kappa shape index (κ2) is 7.93. The SMILES string of the molecule is CC(=O)c1c(O)c(CN2CCCC2CO)c2oc(-c3ccccc3)cc(=O)c2c1O.